The quantitative estimate of drug-likeness (QED) is 0.774. The van der Waals surface area contributed by atoms with Gasteiger partial charge in [0.05, 0.1) is 6.61 Å². The number of rotatable bonds is 3. The van der Waals surface area contributed by atoms with E-state index in [9.17, 15) is 13.5 Å². The van der Waals surface area contributed by atoms with E-state index in [1.807, 2.05) is 0 Å². The highest BCUT2D eigenvalue weighted by molar-refractivity contribution is 7.86. The van der Waals surface area contributed by atoms with Crippen molar-refractivity contribution in [1.29, 1.82) is 0 Å². The van der Waals surface area contributed by atoms with Gasteiger partial charge in [0.2, 0.25) is 0 Å². The monoisotopic (exact) mass is 248 g/mol. The first-order chi connectivity index (χ1) is 7.66. The maximum atomic E-state index is 12.3. The van der Waals surface area contributed by atoms with Gasteiger partial charge in [0, 0.05) is 25.7 Å². The van der Waals surface area contributed by atoms with E-state index < -0.39 is 10.2 Å². The summed E-state index contributed by atoms with van der Waals surface area (Å²) < 4.78 is 27.7. The first kappa shape index (κ1) is 12.3. The van der Waals surface area contributed by atoms with Crippen LogP contribution in [-0.2, 0) is 10.2 Å². The molecule has 0 aliphatic carbocycles. The van der Waals surface area contributed by atoms with Crippen LogP contribution >= 0.6 is 0 Å². The second kappa shape index (κ2) is 5.00. The Morgan fingerprint density at radius 3 is 2.38 bits per heavy atom. The minimum absolute atomic E-state index is 0.0624. The SMILES string of the molecule is O=S(=O)(N1CCCCC1)N1CCC[C@@H]1CO. The molecule has 6 heteroatoms. The molecular formula is C10H20N2O3S. The standard InChI is InChI=1S/C10H20N2O3S/c13-9-10-5-4-8-12(10)16(14,15)11-6-2-1-3-7-11/h10,13H,1-9H2/t10-/m1/s1. The van der Waals surface area contributed by atoms with Crippen molar-refractivity contribution in [2.24, 2.45) is 0 Å². The van der Waals surface area contributed by atoms with Crippen molar-refractivity contribution in [2.75, 3.05) is 26.2 Å². The van der Waals surface area contributed by atoms with Crippen LogP contribution < -0.4 is 0 Å². The molecule has 0 unspecified atom stereocenters. The molecular weight excluding hydrogens is 228 g/mol. The Balaban J connectivity index is 2.11. The lowest BCUT2D eigenvalue weighted by molar-refractivity contribution is 0.203. The third kappa shape index (κ3) is 2.25. The molecule has 0 radical (unpaired) electrons. The van der Waals surface area contributed by atoms with Crippen LogP contribution in [0.15, 0.2) is 0 Å². The highest BCUT2D eigenvalue weighted by Gasteiger charge is 2.37. The third-order valence-electron chi connectivity index (χ3n) is 3.47. The predicted molar refractivity (Wildman–Crippen MR) is 61.2 cm³/mol. The fourth-order valence-corrected chi connectivity index (χ4v) is 4.46. The molecule has 0 amide bonds. The summed E-state index contributed by atoms with van der Waals surface area (Å²) in [4.78, 5) is 0. The molecule has 1 N–H and O–H groups in total. The highest BCUT2D eigenvalue weighted by atomic mass is 32.2. The Labute approximate surface area is 97.2 Å². The molecule has 2 heterocycles. The lowest BCUT2D eigenvalue weighted by Crippen LogP contribution is -2.48. The Hall–Kier alpha value is -0.170. The molecule has 5 nitrogen and oxygen atoms in total. The fourth-order valence-electron chi connectivity index (χ4n) is 2.54. The summed E-state index contributed by atoms with van der Waals surface area (Å²) >= 11 is 0. The molecule has 2 rings (SSSR count). The van der Waals surface area contributed by atoms with E-state index in [0.29, 0.717) is 19.6 Å². The lowest BCUT2D eigenvalue weighted by atomic mass is 10.2. The first-order valence-corrected chi connectivity index (χ1v) is 7.44. The lowest BCUT2D eigenvalue weighted by Gasteiger charge is -2.32. The zero-order valence-electron chi connectivity index (χ0n) is 9.51. The van der Waals surface area contributed by atoms with E-state index in [4.69, 9.17) is 0 Å². The summed E-state index contributed by atoms with van der Waals surface area (Å²) in [5.41, 5.74) is 0. The van der Waals surface area contributed by atoms with Gasteiger partial charge in [-0.2, -0.15) is 17.0 Å². The number of hydrogen-bond acceptors (Lipinski definition) is 3. The van der Waals surface area contributed by atoms with Crippen LogP contribution in [0.25, 0.3) is 0 Å². The molecule has 1 atom stereocenters. The van der Waals surface area contributed by atoms with Crippen LogP contribution in [-0.4, -0.2) is 54.4 Å². The summed E-state index contributed by atoms with van der Waals surface area (Å²) in [6, 6.07) is -0.202. The van der Waals surface area contributed by atoms with Gasteiger partial charge in [-0.05, 0) is 25.7 Å². The molecule has 0 saturated carbocycles. The number of piperidine rings is 1. The van der Waals surface area contributed by atoms with E-state index in [1.54, 1.807) is 4.31 Å². The topological polar surface area (TPSA) is 60.9 Å². The van der Waals surface area contributed by atoms with Crippen LogP contribution in [0.5, 0.6) is 0 Å². The Morgan fingerprint density at radius 2 is 1.75 bits per heavy atom. The molecule has 2 aliphatic heterocycles. The van der Waals surface area contributed by atoms with Crippen molar-refractivity contribution >= 4 is 10.2 Å². The third-order valence-corrected chi connectivity index (χ3v) is 5.56. The number of nitrogens with zero attached hydrogens (tertiary/aromatic N) is 2. The molecule has 0 bridgehead atoms. The summed E-state index contributed by atoms with van der Waals surface area (Å²) in [5, 5.41) is 9.17. The Kier molecular flexibility index (Phi) is 3.84. The van der Waals surface area contributed by atoms with Crippen LogP contribution in [0.2, 0.25) is 0 Å². The summed E-state index contributed by atoms with van der Waals surface area (Å²) in [7, 11) is -3.32. The van der Waals surface area contributed by atoms with Crippen LogP contribution in [0.3, 0.4) is 0 Å². The van der Waals surface area contributed by atoms with E-state index in [1.165, 1.54) is 4.31 Å². The number of hydrogen-bond donors (Lipinski definition) is 1. The molecule has 0 aromatic heterocycles. The molecule has 94 valence electrons. The zero-order chi connectivity index (χ0) is 11.6. The molecule has 0 spiro atoms. The zero-order valence-corrected chi connectivity index (χ0v) is 10.3. The molecule has 0 aromatic carbocycles. The van der Waals surface area contributed by atoms with E-state index >= 15 is 0 Å². The summed E-state index contributed by atoms with van der Waals surface area (Å²) in [6.07, 6.45) is 4.67. The van der Waals surface area contributed by atoms with Gasteiger partial charge in [-0.1, -0.05) is 6.42 Å². The van der Waals surface area contributed by atoms with Crippen LogP contribution in [0.1, 0.15) is 32.1 Å². The van der Waals surface area contributed by atoms with Gasteiger partial charge in [0.1, 0.15) is 0 Å². The molecule has 2 saturated heterocycles. The molecule has 16 heavy (non-hydrogen) atoms. The van der Waals surface area contributed by atoms with Gasteiger partial charge in [-0.15, -0.1) is 0 Å². The first-order valence-electron chi connectivity index (χ1n) is 6.04. The predicted octanol–water partition coefficient (Wildman–Crippen LogP) is 0.174. The molecule has 2 aliphatic rings. The fraction of sp³-hybridized carbons (Fsp3) is 1.00. The van der Waals surface area contributed by atoms with Gasteiger partial charge < -0.3 is 5.11 Å². The van der Waals surface area contributed by atoms with Crippen molar-refractivity contribution in [3.05, 3.63) is 0 Å². The van der Waals surface area contributed by atoms with E-state index in [0.717, 1.165) is 32.1 Å². The van der Waals surface area contributed by atoms with E-state index in [2.05, 4.69) is 0 Å². The minimum Gasteiger partial charge on any atom is -0.395 e. The van der Waals surface area contributed by atoms with Gasteiger partial charge in [0.15, 0.2) is 0 Å². The Morgan fingerprint density at radius 1 is 1.06 bits per heavy atom. The summed E-state index contributed by atoms with van der Waals surface area (Å²) in [5.74, 6) is 0. The van der Waals surface area contributed by atoms with Crippen molar-refractivity contribution in [3.63, 3.8) is 0 Å². The average Bonchev–Trinajstić information content (AvgIpc) is 2.79. The van der Waals surface area contributed by atoms with Gasteiger partial charge in [-0.25, -0.2) is 0 Å². The maximum absolute atomic E-state index is 12.3. The number of aliphatic hydroxyl groups is 1. The van der Waals surface area contributed by atoms with Gasteiger partial charge in [-0.3, -0.25) is 0 Å². The minimum atomic E-state index is -3.32. The smallest absolute Gasteiger partial charge is 0.282 e. The van der Waals surface area contributed by atoms with Crippen LogP contribution in [0, 0.1) is 0 Å². The van der Waals surface area contributed by atoms with E-state index in [-0.39, 0.29) is 12.6 Å². The molecule has 2 fully saturated rings. The van der Waals surface area contributed by atoms with Crippen molar-refractivity contribution in [1.82, 2.24) is 8.61 Å². The second-order valence-electron chi connectivity index (χ2n) is 4.56. The summed E-state index contributed by atoms with van der Waals surface area (Å²) in [6.45, 7) is 1.77. The van der Waals surface area contributed by atoms with Crippen molar-refractivity contribution < 1.29 is 13.5 Å². The second-order valence-corrected chi connectivity index (χ2v) is 6.44. The maximum Gasteiger partial charge on any atom is 0.282 e. The van der Waals surface area contributed by atoms with Crippen molar-refractivity contribution in [3.8, 4) is 0 Å². The van der Waals surface area contributed by atoms with Crippen molar-refractivity contribution in [2.45, 2.75) is 38.1 Å². The normalized spacial score (nSPS) is 29.7. The van der Waals surface area contributed by atoms with Gasteiger partial charge in [0.25, 0.3) is 10.2 Å². The highest BCUT2D eigenvalue weighted by Crippen LogP contribution is 2.24. The van der Waals surface area contributed by atoms with Gasteiger partial charge >= 0.3 is 0 Å². The average molecular weight is 248 g/mol. The molecule has 0 aromatic rings. The Bertz CT molecular complexity index is 325. The largest absolute Gasteiger partial charge is 0.395 e. The number of aliphatic hydroxyl groups excluding tert-OH is 1. The van der Waals surface area contributed by atoms with Crippen LogP contribution in [0.4, 0.5) is 0 Å².